The highest BCUT2D eigenvalue weighted by atomic mass is 16.4. The molecule has 5 nitrogen and oxygen atoms in total. The lowest BCUT2D eigenvalue weighted by atomic mass is 10.1. The van der Waals surface area contributed by atoms with Crippen LogP contribution in [0.25, 0.3) is 32.8 Å². The molecule has 0 spiro atoms. The van der Waals surface area contributed by atoms with Gasteiger partial charge in [0.2, 0.25) is 0 Å². The second kappa shape index (κ2) is 3.16. The third kappa shape index (κ3) is 1.08. The van der Waals surface area contributed by atoms with Gasteiger partial charge in [-0.25, -0.2) is 4.79 Å². The minimum atomic E-state index is -0.347. The fourth-order valence-electron chi connectivity index (χ4n) is 2.25. The maximum absolute atomic E-state index is 11.9. The minimum absolute atomic E-state index is 0.347. The minimum Gasteiger partial charge on any atom is -0.420 e. The third-order valence-corrected chi connectivity index (χ3v) is 3.09. The van der Waals surface area contributed by atoms with Crippen LogP contribution in [0.4, 0.5) is 0 Å². The number of rotatable bonds is 0. The molecule has 4 rings (SSSR count). The Kier molecular flexibility index (Phi) is 1.64. The molecular weight excluding hydrogens is 230 g/mol. The summed E-state index contributed by atoms with van der Waals surface area (Å²) < 4.78 is 5.38. The molecule has 2 heterocycles. The zero-order chi connectivity index (χ0) is 12.1. The zero-order valence-electron chi connectivity index (χ0n) is 9.18. The van der Waals surface area contributed by atoms with Gasteiger partial charge in [0.05, 0.1) is 5.39 Å². The van der Waals surface area contributed by atoms with E-state index in [4.69, 9.17) is 4.42 Å². The van der Waals surface area contributed by atoms with Crippen molar-refractivity contribution < 1.29 is 4.42 Å². The predicted molar refractivity (Wildman–Crippen MR) is 67.4 cm³/mol. The van der Waals surface area contributed by atoms with Gasteiger partial charge in [0.25, 0.3) is 0 Å². The van der Waals surface area contributed by atoms with Crippen LogP contribution in [-0.4, -0.2) is 15.4 Å². The first kappa shape index (κ1) is 9.35. The standard InChI is InChI=1S/C13H7N3O2/c17-13-9-4-2-1-3-7(9)8-5-6-10-11(12(8)18-13)15-16-14-10/h1-6H,(H,14,15,16). The van der Waals surface area contributed by atoms with Crippen molar-refractivity contribution in [1.82, 2.24) is 15.4 Å². The van der Waals surface area contributed by atoms with E-state index in [0.717, 1.165) is 10.8 Å². The number of hydrogen-bond acceptors (Lipinski definition) is 4. The predicted octanol–water partition coefficient (Wildman–Crippen LogP) is 2.22. The van der Waals surface area contributed by atoms with Gasteiger partial charge in [0.1, 0.15) is 11.0 Å². The molecule has 0 saturated heterocycles. The average Bonchev–Trinajstić information content (AvgIpc) is 2.88. The van der Waals surface area contributed by atoms with Crippen molar-refractivity contribution in [3.63, 3.8) is 0 Å². The highest BCUT2D eigenvalue weighted by molar-refractivity contribution is 6.11. The highest BCUT2D eigenvalue weighted by Crippen LogP contribution is 2.26. The maximum Gasteiger partial charge on any atom is 0.344 e. The molecule has 0 atom stereocenters. The van der Waals surface area contributed by atoms with Crippen LogP contribution < -0.4 is 5.63 Å². The van der Waals surface area contributed by atoms with E-state index < -0.39 is 0 Å². The first-order chi connectivity index (χ1) is 8.84. The van der Waals surface area contributed by atoms with Crippen molar-refractivity contribution in [3.8, 4) is 0 Å². The normalized spacial score (nSPS) is 11.6. The zero-order valence-corrected chi connectivity index (χ0v) is 9.18. The Balaban J connectivity index is 2.41. The van der Waals surface area contributed by atoms with E-state index >= 15 is 0 Å². The fraction of sp³-hybridized carbons (Fsp3) is 0. The van der Waals surface area contributed by atoms with Gasteiger partial charge >= 0.3 is 5.63 Å². The van der Waals surface area contributed by atoms with Crippen LogP contribution in [0.5, 0.6) is 0 Å². The highest BCUT2D eigenvalue weighted by Gasteiger charge is 2.11. The molecule has 0 aliphatic rings. The molecule has 0 aliphatic heterocycles. The topological polar surface area (TPSA) is 71.8 Å². The van der Waals surface area contributed by atoms with Crippen LogP contribution in [0.3, 0.4) is 0 Å². The van der Waals surface area contributed by atoms with Gasteiger partial charge in [0.15, 0.2) is 5.58 Å². The number of H-pyrrole nitrogens is 1. The van der Waals surface area contributed by atoms with E-state index in [2.05, 4.69) is 15.4 Å². The number of nitrogens with zero attached hydrogens (tertiary/aromatic N) is 2. The number of hydrogen-bond donors (Lipinski definition) is 1. The summed E-state index contributed by atoms with van der Waals surface area (Å²) in [5.74, 6) is 0. The van der Waals surface area contributed by atoms with E-state index in [0.29, 0.717) is 22.0 Å². The quantitative estimate of drug-likeness (QED) is 0.376. The van der Waals surface area contributed by atoms with Gasteiger partial charge in [-0.3, -0.25) is 5.10 Å². The summed E-state index contributed by atoms with van der Waals surface area (Å²) in [7, 11) is 0. The van der Waals surface area contributed by atoms with Crippen molar-refractivity contribution in [2.24, 2.45) is 0 Å². The lowest BCUT2D eigenvalue weighted by Gasteiger charge is -2.01. The molecule has 1 N–H and O–H groups in total. The Morgan fingerprint density at radius 2 is 1.83 bits per heavy atom. The number of benzene rings is 2. The van der Waals surface area contributed by atoms with Gasteiger partial charge < -0.3 is 4.42 Å². The van der Waals surface area contributed by atoms with Gasteiger partial charge in [-0.1, -0.05) is 23.4 Å². The number of nitrogens with one attached hydrogen (secondary N) is 1. The average molecular weight is 237 g/mol. The maximum atomic E-state index is 11.9. The number of aromatic amines is 1. The third-order valence-electron chi connectivity index (χ3n) is 3.09. The molecular formula is C13H7N3O2. The van der Waals surface area contributed by atoms with E-state index in [1.54, 1.807) is 6.07 Å². The Labute approximate surface area is 100 Å². The molecule has 86 valence electrons. The van der Waals surface area contributed by atoms with Crippen LogP contribution in [0, 0.1) is 0 Å². The Hall–Kier alpha value is -2.69. The van der Waals surface area contributed by atoms with Gasteiger partial charge in [-0.05, 0) is 23.6 Å². The monoisotopic (exact) mass is 237 g/mol. The summed E-state index contributed by atoms with van der Waals surface area (Å²) >= 11 is 0. The van der Waals surface area contributed by atoms with Gasteiger partial charge in [0, 0.05) is 5.39 Å². The smallest absolute Gasteiger partial charge is 0.344 e. The van der Waals surface area contributed by atoms with Crippen LogP contribution in [0.2, 0.25) is 0 Å². The summed E-state index contributed by atoms with van der Waals surface area (Å²) in [5.41, 5.74) is 1.48. The first-order valence-corrected chi connectivity index (χ1v) is 5.50. The summed E-state index contributed by atoms with van der Waals surface area (Å²) in [6, 6.07) is 11.1. The SMILES string of the molecule is O=c1oc2c(ccc3nn[nH]c32)c2ccccc12. The van der Waals surface area contributed by atoms with E-state index in [-0.39, 0.29) is 5.63 Å². The molecule has 18 heavy (non-hydrogen) atoms. The number of aromatic nitrogens is 3. The summed E-state index contributed by atoms with van der Waals surface area (Å²) in [5, 5.41) is 12.7. The largest absolute Gasteiger partial charge is 0.420 e. The van der Waals surface area contributed by atoms with E-state index in [1.807, 2.05) is 30.3 Å². The lowest BCUT2D eigenvalue weighted by molar-refractivity contribution is 0.572. The molecule has 0 aliphatic carbocycles. The molecule has 0 unspecified atom stereocenters. The molecule has 2 aromatic heterocycles. The Bertz CT molecular complexity index is 953. The molecule has 0 radical (unpaired) electrons. The van der Waals surface area contributed by atoms with Crippen LogP contribution >= 0.6 is 0 Å². The van der Waals surface area contributed by atoms with Crippen molar-refractivity contribution in [1.29, 1.82) is 0 Å². The second-order valence-electron chi connectivity index (χ2n) is 4.08. The molecule has 5 heteroatoms. The summed E-state index contributed by atoms with van der Waals surface area (Å²) in [6.07, 6.45) is 0. The van der Waals surface area contributed by atoms with E-state index in [9.17, 15) is 4.79 Å². The van der Waals surface area contributed by atoms with Gasteiger partial charge in [-0.15, -0.1) is 5.10 Å². The Morgan fingerprint density at radius 1 is 1.00 bits per heavy atom. The van der Waals surface area contributed by atoms with Crippen molar-refractivity contribution in [2.45, 2.75) is 0 Å². The molecule has 4 aromatic rings. The van der Waals surface area contributed by atoms with Crippen LogP contribution in [0.1, 0.15) is 0 Å². The van der Waals surface area contributed by atoms with Crippen molar-refractivity contribution >= 4 is 32.8 Å². The fourth-order valence-corrected chi connectivity index (χ4v) is 2.25. The summed E-state index contributed by atoms with van der Waals surface area (Å²) in [6.45, 7) is 0. The summed E-state index contributed by atoms with van der Waals surface area (Å²) in [4.78, 5) is 11.9. The lowest BCUT2D eigenvalue weighted by Crippen LogP contribution is -1.99. The molecule has 0 saturated carbocycles. The van der Waals surface area contributed by atoms with Crippen molar-refractivity contribution in [2.75, 3.05) is 0 Å². The first-order valence-electron chi connectivity index (χ1n) is 5.50. The van der Waals surface area contributed by atoms with Crippen LogP contribution in [-0.2, 0) is 0 Å². The molecule has 0 amide bonds. The van der Waals surface area contributed by atoms with Gasteiger partial charge in [-0.2, -0.15) is 0 Å². The molecule has 2 aromatic carbocycles. The molecule has 0 bridgehead atoms. The second-order valence-corrected chi connectivity index (χ2v) is 4.08. The van der Waals surface area contributed by atoms with Crippen molar-refractivity contribution in [3.05, 3.63) is 46.8 Å². The number of fused-ring (bicyclic) bond motifs is 5. The van der Waals surface area contributed by atoms with Crippen LogP contribution in [0.15, 0.2) is 45.6 Å². The molecule has 0 fully saturated rings. The van der Waals surface area contributed by atoms with E-state index in [1.165, 1.54) is 0 Å². The Morgan fingerprint density at radius 3 is 2.72 bits per heavy atom.